The molecule has 1 aromatic carbocycles. The SMILES string of the molecule is C1=NCC(Cc2ccc3cc[nH]c3c2)CC1. The molecule has 1 aliphatic rings. The van der Waals surface area contributed by atoms with E-state index in [-0.39, 0.29) is 0 Å². The Labute approximate surface area is 95.4 Å². The molecule has 0 fully saturated rings. The molecule has 1 N–H and O–H groups in total. The van der Waals surface area contributed by atoms with E-state index >= 15 is 0 Å². The molecule has 1 atom stereocenters. The highest BCUT2D eigenvalue weighted by Crippen LogP contribution is 2.20. The second-order valence-corrected chi connectivity index (χ2v) is 4.59. The van der Waals surface area contributed by atoms with Crippen molar-refractivity contribution < 1.29 is 0 Å². The Bertz CT molecular complexity index is 510. The van der Waals surface area contributed by atoms with Crippen LogP contribution in [-0.4, -0.2) is 17.7 Å². The van der Waals surface area contributed by atoms with Crippen LogP contribution in [0.25, 0.3) is 10.9 Å². The predicted molar refractivity (Wildman–Crippen MR) is 68.1 cm³/mol. The molecule has 1 aliphatic heterocycles. The summed E-state index contributed by atoms with van der Waals surface area (Å²) in [5, 5.41) is 1.30. The summed E-state index contributed by atoms with van der Waals surface area (Å²) in [4.78, 5) is 7.64. The number of benzene rings is 1. The van der Waals surface area contributed by atoms with Crippen molar-refractivity contribution in [1.82, 2.24) is 4.98 Å². The Morgan fingerprint density at radius 1 is 1.31 bits per heavy atom. The van der Waals surface area contributed by atoms with Gasteiger partial charge in [0.1, 0.15) is 0 Å². The molecule has 2 nitrogen and oxygen atoms in total. The van der Waals surface area contributed by atoms with E-state index in [9.17, 15) is 0 Å². The van der Waals surface area contributed by atoms with Crippen LogP contribution in [0.2, 0.25) is 0 Å². The minimum Gasteiger partial charge on any atom is -0.361 e. The number of nitrogens with one attached hydrogen (secondary N) is 1. The summed E-state index contributed by atoms with van der Waals surface area (Å²) >= 11 is 0. The highest BCUT2D eigenvalue weighted by atomic mass is 14.7. The molecule has 0 spiro atoms. The number of aromatic amines is 1. The Hall–Kier alpha value is -1.57. The Kier molecular flexibility index (Phi) is 2.49. The maximum absolute atomic E-state index is 4.37. The van der Waals surface area contributed by atoms with Crippen LogP contribution in [0.5, 0.6) is 0 Å². The van der Waals surface area contributed by atoms with Crippen molar-refractivity contribution in [1.29, 1.82) is 0 Å². The fourth-order valence-corrected chi connectivity index (χ4v) is 2.44. The molecule has 0 aliphatic carbocycles. The summed E-state index contributed by atoms with van der Waals surface area (Å²) in [7, 11) is 0. The van der Waals surface area contributed by atoms with Crippen molar-refractivity contribution in [3.8, 4) is 0 Å². The zero-order valence-corrected chi connectivity index (χ0v) is 9.32. The number of fused-ring (bicyclic) bond motifs is 1. The van der Waals surface area contributed by atoms with Crippen molar-refractivity contribution in [3.63, 3.8) is 0 Å². The summed E-state index contributed by atoms with van der Waals surface area (Å²) in [5.41, 5.74) is 2.67. The van der Waals surface area contributed by atoms with E-state index < -0.39 is 0 Å². The van der Waals surface area contributed by atoms with Gasteiger partial charge in [0.25, 0.3) is 0 Å². The smallest absolute Gasteiger partial charge is 0.0456 e. The molecule has 0 bridgehead atoms. The standard InChI is InChI=1S/C14H16N2/c1-2-12(10-15-6-1)8-11-3-4-13-5-7-16-14(13)9-11/h3-7,9,12,16H,1-2,8,10H2. The summed E-state index contributed by atoms with van der Waals surface area (Å²) < 4.78 is 0. The lowest BCUT2D eigenvalue weighted by Gasteiger charge is -2.16. The summed E-state index contributed by atoms with van der Waals surface area (Å²) in [6, 6.07) is 8.83. The fraction of sp³-hybridized carbons (Fsp3) is 0.357. The molecular formula is C14H16N2. The first kappa shape index (κ1) is 9.64. The Morgan fingerprint density at radius 3 is 3.19 bits per heavy atom. The lowest BCUT2D eigenvalue weighted by atomic mass is 9.93. The van der Waals surface area contributed by atoms with Crippen LogP contribution in [0.3, 0.4) is 0 Å². The van der Waals surface area contributed by atoms with E-state index in [0.29, 0.717) is 0 Å². The molecule has 2 heteroatoms. The molecule has 3 rings (SSSR count). The molecule has 0 saturated heterocycles. The van der Waals surface area contributed by atoms with E-state index in [4.69, 9.17) is 0 Å². The van der Waals surface area contributed by atoms with E-state index in [0.717, 1.165) is 25.3 Å². The maximum Gasteiger partial charge on any atom is 0.0456 e. The Balaban J connectivity index is 1.80. The van der Waals surface area contributed by atoms with Gasteiger partial charge in [-0.25, -0.2) is 0 Å². The summed E-state index contributed by atoms with van der Waals surface area (Å²) in [6.07, 6.45) is 7.65. The minimum atomic E-state index is 0.734. The van der Waals surface area contributed by atoms with Gasteiger partial charge < -0.3 is 4.98 Å². The van der Waals surface area contributed by atoms with Crippen LogP contribution in [-0.2, 0) is 6.42 Å². The summed E-state index contributed by atoms with van der Waals surface area (Å²) in [6.45, 7) is 1.00. The monoisotopic (exact) mass is 212 g/mol. The van der Waals surface area contributed by atoms with E-state index in [1.54, 1.807) is 0 Å². The summed E-state index contributed by atoms with van der Waals surface area (Å²) in [5.74, 6) is 0.734. The molecule has 82 valence electrons. The van der Waals surface area contributed by atoms with Gasteiger partial charge in [0, 0.05) is 18.3 Å². The normalized spacial score (nSPS) is 20.4. The topological polar surface area (TPSA) is 28.1 Å². The van der Waals surface area contributed by atoms with Crippen molar-refractivity contribution >= 4 is 17.1 Å². The molecule has 0 radical (unpaired) electrons. The van der Waals surface area contributed by atoms with E-state index in [2.05, 4.69) is 40.5 Å². The number of aromatic nitrogens is 1. The van der Waals surface area contributed by atoms with Gasteiger partial charge in [-0.2, -0.15) is 0 Å². The molecule has 1 unspecified atom stereocenters. The molecule has 0 saturated carbocycles. The zero-order chi connectivity index (χ0) is 10.8. The number of hydrogen-bond donors (Lipinski definition) is 1. The molecule has 0 amide bonds. The maximum atomic E-state index is 4.37. The minimum absolute atomic E-state index is 0.734. The third kappa shape index (κ3) is 1.87. The van der Waals surface area contributed by atoms with Crippen LogP contribution in [0, 0.1) is 5.92 Å². The van der Waals surface area contributed by atoms with E-state index in [1.165, 1.54) is 22.9 Å². The van der Waals surface area contributed by atoms with Crippen LogP contribution >= 0.6 is 0 Å². The van der Waals surface area contributed by atoms with Gasteiger partial charge in [0.15, 0.2) is 0 Å². The van der Waals surface area contributed by atoms with Gasteiger partial charge >= 0.3 is 0 Å². The van der Waals surface area contributed by atoms with E-state index in [1.807, 2.05) is 6.20 Å². The number of rotatable bonds is 2. The average molecular weight is 212 g/mol. The van der Waals surface area contributed by atoms with Gasteiger partial charge in [-0.15, -0.1) is 0 Å². The van der Waals surface area contributed by atoms with Gasteiger partial charge in [-0.3, -0.25) is 4.99 Å². The largest absolute Gasteiger partial charge is 0.361 e. The van der Waals surface area contributed by atoms with Gasteiger partial charge in [0.05, 0.1) is 0 Å². The van der Waals surface area contributed by atoms with Crippen molar-refractivity contribution in [2.24, 2.45) is 10.9 Å². The fourth-order valence-electron chi connectivity index (χ4n) is 2.44. The molecule has 16 heavy (non-hydrogen) atoms. The first-order chi connectivity index (χ1) is 7.92. The number of aliphatic imine (C=N–C) groups is 1. The first-order valence-electron chi connectivity index (χ1n) is 5.96. The number of H-pyrrole nitrogens is 1. The van der Waals surface area contributed by atoms with Gasteiger partial charge in [0.2, 0.25) is 0 Å². The molecule has 1 aromatic heterocycles. The van der Waals surface area contributed by atoms with Gasteiger partial charge in [-0.1, -0.05) is 12.1 Å². The highest BCUT2D eigenvalue weighted by molar-refractivity contribution is 5.79. The molecule has 2 aromatic rings. The van der Waals surface area contributed by atoms with Gasteiger partial charge in [-0.05, 0) is 54.5 Å². The highest BCUT2D eigenvalue weighted by Gasteiger charge is 2.11. The van der Waals surface area contributed by atoms with Crippen molar-refractivity contribution in [2.45, 2.75) is 19.3 Å². The molecule has 2 heterocycles. The van der Waals surface area contributed by atoms with Crippen LogP contribution < -0.4 is 0 Å². The number of hydrogen-bond acceptors (Lipinski definition) is 1. The Morgan fingerprint density at radius 2 is 2.31 bits per heavy atom. The van der Waals surface area contributed by atoms with Crippen molar-refractivity contribution in [2.75, 3.05) is 6.54 Å². The van der Waals surface area contributed by atoms with Crippen molar-refractivity contribution in [3.05, 3.63) is 36.0 Å². The third-order valence-electron chi connectivity index (χ3n) is 3.34. The molecular weight excluding hydrogens is 196 g/mol. The first-order valence-corrected chi connectivity index (χ1v) is 5.96. The second kappa shape index (κ2) is 4.12. The van der Waals surface area contributed by atoms with Crippen LogP contribution in [0.1, 0.15) is 18.4 Å². The van der Waals surface area contributed by atoms with Crippen LogP contribution in [0.15, 0.2) is 35.5 Å². The zero-order valence-electron chi connectivity index (χ0n) is 9.32. The predicted octanol–water partition coefficient (Wildman–Crippen LogP) is 3.19. The number of nitrogens with zero attached hydrogens (tertiary/aromatic N) is 1. The lowest BCUT2D eigenvalue weighted by Crippen LogP contribution is -2.12. The van der Waals surface area contributed by atoms with Crippen LogP contribution in [0.4, 0.5) is 0 Å². The third-order valence-corrected chi connectivity index (χ3v) is 3.34. The lowest BCUT2D eigenvalue weighted by molar-refractivity contribution is 0.493. The average Bonchev–Trinajstić information content (AvgIpc) is 2.77. The quantitative estimate of drug-likeness (QED) is 0.792. The second-order valence-electron chi connectivity index (χ2n) is 4.59.